The largest absolute Gasteiger partial charge is 1.00 e. The number of aliphatic hydroxyl groups is 2. The third-order valence-corrected chi connectivity index (χ3v) is 1.82. The molecular formula is C3H8Na2O9S2. The van der Waals surface area contributed by atoms with Gasteiger partial charge < -0.3 is 19.3 Å². The molecule has 0 unspecified atom stereocenters. The fourth-order valence-electron chi connectivity index (χ4n) is 0.173. The van der Waals surface area contributed by atoms with Crippen molar-refractivity contribution < 1.29 is 98.9 Å². The SMILES string of the molecule is O=S(=O)([O-])OS(=O)(=O)[O-].OCCCO.[Na+].[Na+]. The fraction of sp³-hybridized carbons (Fsp3) is 1.00. The second kappa shape index (κ2) is 13.1. The van der Waals surface area contributed by atoms with E-state index in [0.29, 0.717) is 6.42 Å². The van der Waals surface area contributed by atoms with E-state index in [9.17, 15) is 25.9 Å². The summed E-state index contributed by atoms with van der Waals surface area (Å²) in [4.78, 5) is 0. The second-order valence-corrected chi connectivity index (χ2v) is 3.86. The summed E-state index contributed by atoms with van der Waals surface area (Å²) in [5, 5.41) is 15.8. The van der Waals surface area contributed by atoms with E-state index in [0.717, 1.165) is 0 Å². The first-order valence-electron chi connectivity index (χ1n) is 2.97. The Morgan fingerprint density at radius 1 is 0.875 bits per heavy atom. The summed E-state index contributed by atoms with van der Waals surface area (Å²) < 4.78 is 58.2. The van der Waals surface area contributed by atoms with E-state index < -0.39 is 20.8 Å². The number of hydrogen-bond acceptors (Lipinski definition) is 9. The zero-order chi connectivity index (χ0) is 11.8. The van der Waals surface area contributed by atoms with E-state index in [4.69, 9.17) is 10.2 Å². The van der Waals surface area contributed by atoms with E-state index in [1.54, 1.807) is 0 Å². The van der Waals surface area contributed by atoms with E-state index >= 15 is 0 Å². The van der Waals surface area contributed by atoms with Crippen LogP contribution in [0.2, 0.25) is 0 Å². The molecule has 0 aliphatic heterocycles. The van der Waals surface area contributed by atoms with Crippen LogP contribution in [0.4, 0.5) is 0 Å². The van der Waals surface area contributed by atoms with Gasteiger partial charge in [0, 0.05) is 13.2 Å². The van der Waals surface area contributed by atoms with Crippen molar-refractivity contribution in [2.24, 2.45) is 0 Å². The second-order valence-electron chi connectivity index (χ2n) is 1.69. The molecule has 0 aromatic rings. The molecule has 0 bridgehead atoms. The van der Waals surface area contributed by atoms with Crippen molar-refractivity contribution in [1.29, 1.82) is 0 Å². The van der Waals surface area contributed by atoms with Crippen LogP contribution < -0.4 is 59.1 Å². The number of rotatable bonds is 4. The van der Waals surface area contributed by atoms with Crippen molar-refractivity contribution in [3.63, 3.8) is 0 Å². The molecule has 0 aromatic heterocycles. The molecule has 13 heteroatoms. The zero-order valence-corrected chi connectivity index (χ0v) is 14.3. The first-order chi connectivity index (χ1) is 6.12. The molecule has 9 nitrogen and oxygen atoms in total. The molecule has 0 saturated carbocycles. The molecule has 0 aromatic carbocycles. The van der Waals surface area contributed by atoms with Crippen LogP contribution in [-0.2, 0) is 24.4 Å². The van der Waals surface area contributed by atoms with Gasteiger partial charge in [0.05, 0.1) is 0 Å². The Labute approximate surface area is 138 Å². The van der Waals surface area contributed by atoms with Crippen molar-refractivity contribution in [1.82, 2.24) is 0 Å². The summed E-state index contributed by atoms with van der Waals surface area (Å²) in [6.45, 7) is 0.188. The smallest absolute Gasteiger partial charge is 0.725 e. The third-order valence-electron chi connectivity index (χ3n) is 0.483. The van der Waals surface area contributed by atoms with Gasteiger partial charge in [-0.2, -0.15) is 3.63 Å². The normalized spacial score (nSPS) is 10.2. The Balaban J connectivity index is -0.0000000904. The van der Waals surface area contributed by atoms with Gasteiger partial charge in [-0.15, -0.1) is 0 Å². The van der Waals surface area contributed by atoms with Gasteiger partial charge in [-0.05, 0) is 6.42 Å². The molecule has 16 heavy (non-hydrogen) atoms. The first-order valence-corrected chi connectivity index (χ1v) is 5.63. The van der Waals surface area contributed by atoms with Gasteiger partial charge in [-0.3, -0.25) is 0 Å². The summed E-state index contributed by atoms with van der Waals surface area (Å²) in [6.07, 6.45) is 0.500. The molecule has 88 valence electrons. The number of aliphatic hydroxyl groups excluding tert-OH is 2. The predicted octanol–water partition coefficient (Wildman–Crippen LogP) is -8.71. The molecule has 2 N–H and O–H groups in total. The Kier molecular flexibility index (Phi) is 21.6. The van der Waals surface area contributed by atoms with Crippen molar-refractivity contribution in [3.8, 4) is 0 Å². The van der Waals surface area contributed by atoms with Crippen molar-refractivity contribution in [3.05, 3.63) is 0 Å². The van der Waals surface area contributed by atoms with Crippen LogP contribution in [0.15, 0.2) is 0 Å². The van der Waals surface area contributed by atoms with Crippen molar-refractivity contribution >= 4 is 20.8 Å². The Morgan fingerprint density at radius 2 is 1.12 bits per heavy atom. The standard InChI is InChI=1S/C3H8O2.2Na.H2O7S2/c4-2-1-3-5;;;1-8(2,3)7-9(4,5)6/h4-5H,1-3H2;;;(H,1,2,3)(H,4,5,6)/q;2*+1;/p-2. The quantitative estimate of drug-likeness (QED) is 0.291. The summed E-state index contributed by atoms with van der Waals surface area (Å²) in [6, 6.07) is 0. The minimum atomic E-state index is -5.43. The summed E-state index contributed by atoms with van der Waals surface area (Å²) in [7, 11) is -10.9. The fourth-order valence-corrected chi connectivity index (χ4v) is 0.989. The zero-order valence-electron chi connectivity index (χ0n) is 8.69. The Hall–Kier alpha value is 1.70. The summed E-state index contributed by atoms with van der Waals surface area (Å²) in [5.41, 5.74) is 0. The van der Waals surface area contributed by atoms with Crippen molar-refractivity contribution in [2.75, 3.05) is 13.2 Å². The van der Waals surface area contributed by atoms with E-state index in [1.807, 2.05) is 0 Å². The van der Waals surface area contributed by atoms with Crippen LogP contribution in [0.25, 0.3) is 0 Å². The van der Waals surface area contributed by atoms with Crippen LogP contribution in [0.3, 0.4) is 0 Å². The van der Waals surface area contributed by atoms with Gasteiger partial charge in [-0.25, -0.2) is 16.8 Å². The van der Waals surface area contributed by atoms with Crippen LogP contribution in [0.5, 0.6) is 0 Å². The van der Waals surface area contributed by atoms with Gasteiger partial charge in [0.15, 0.2) is 0 Å². The summed E-state index contributed by atoms with van der Waals surface area (Å²) >= 11 is 0. The minimum absolute atomic E-state index is 0. The number of hydrogen-bond donors (Lipinski definition) is 2. The van der Waals surface area contributed by atoms with E-state index in [2.05, 4.69) is 3.63 Å². The molecule has 0 radical (unpaired) electrons. The minimum Gasteiger partial charge on any atom is -0.725 e. The molecule has 0 rings (SSSR count). The maximum atomic E-state index is 9.29. The maximum absolute atomic E-state index is 9.29. The van der Waals surface area contributed by atoms with Crippen LogP contribution in [-0.4, -0.2) is 49.4 Å². The van der Waals surface area contributed by atoms with Gasteiger partial charge in [0.1, 0.15) is 0 Å². The third kappa shape index (κ3) is 36.1. The van der Waals surface area contributed by atoms with Gasteiger partial charge in [-0.1, -0.05) is 0 Å². The molecule has 0 amide bonds. The predicted molar refractivity (Wildman–Crippen MR) is 39.3 cm³/mol. The van der Waals surface area contributed by atoms with E-state index in [-0.39, 0.29) is 72.3 Å². The molecule has 0 aliphatic carbocycles. The molecule has 0 saturated heterocycles. The van der Waals surface area contributed by atoms with E-state index in [1.165, 1.54) is 0 Å². The van der Waals surface area contributed by atoms with Gasteiger partial charge >= 0.3 is 59.1 Å². The Morgan fingerprint density at radius 3 is 1.12 bits per heavy atom. The topological polar surface area (TPSA) is 164 Å². The average molecular weight is 298 g/mol. The van der Waals surface area contributed by atoms with Crippen LogP contribution >= 0.6 is 0 Å². The van der Waals surface area contributed by atoms with Gasteiger partial charge in [0.25, 0.3) is 0 Å². The summed E-state index contributed by atoms with van der Waals surface area (Å²) in [5.74, 6) is 0. The molecule has 0 spiro atoms. The molecule has 0 aliphatic rings. The Bertz CT molecular complexity index is 289. The van der Waals surface area contributed by atoms with Gasteiger partial charge in [0.2, 0.25) is 20.8 Å². The molecule has 0 heterocycles. The monoisotopic (exact) mass is 298 g/mol. The van der Waals surface area contributed by atoms with Crippen molar-refractivity contribution in [2.45, 2.75) is 6.42 Å². The molecule has 0 atom stereocenters. The average Bonchev–Trinajstić information content (AvgIpc) is 1.81. The maximum Gasteiger partial charge on any atom is 1.00 e. The molecule has 0 fully saturated rings. The molecular weight excluding hydrogens is 290 g/mol. The first kappa shape index (κ1) is 26.3. The van der Waals surface area contributed by atoms with Crippen LogP contribution in [0, 0.1) is 0 Å². The van der Waals surface area contributed by atoms with Crippen LogP contribution in [0.1, 0.15) is 6.42 Å².